The highest BCUT2D eigenvalue weighted by Gasteiger charge is 2.41. The maximum Gasteiger partial charge on any atom is 0.235 e. The van der Waals surface area contributed by atoms with Crippen molar-refractivity contribution < 1.29 is 14.7 Å². The standard InChI is InChI=1S/C16H21N3O2.C12H10O/c1-17-15(20)10-13-12-4-2-3-5-14(12)19(16(13)21)11-6-8-18-9-7-11;13-11-7-9-5-1-3-8-4-2-6-10(11)12(8)9/h2-5,11,13,18H,6-10H2,1H3,(H,17,20);1-6,11,13H,7H2. The summed E-state index contributed by atoms with van der Waals surface area (Å²) in [4.78, 5) is 26.5. The number of aliphatic hydroxyl groups excluding tert-OH is 1. The number of carbonyl (C=O) groups excluding carboxylic acids is 2. The number of nitrogens with one attached hydrogen (secondary N) is 2. The molecule has 3 aromatic carbocycles. The number of carbonyl (C=O) groups is 2. The van der Waals surface area contributed by atoms with Gasteiger partial charge in [0.05, 0.1) is 12.0 Å². The first kappa shape index (κ1) is 22.6. The van der Waals surface area contributed by atoms with Crippen LogP contribution in [0.1, 0.15) is 48.0 Å². The minimum Gasteiger partial charge on any atom is -0.388 e. The fourth-order valence-corrected chi connectivity index (χ4v) is 5.56. The molecule has 3 N–H and O–H groups in total. The quantitative estimate of drug-likeness (QED) is 0.563. The normalized spacial score (nSPS) is 21.2. The van der Waals surface area contributed by atoms with E-state index >= 15 is 0 Å². The van der Waals surface area contributed by atoms with Crippen molar-refractivity contribution in [3.8, 4) is 0 Å². The molecule has 0 radical (unpaired) electrons. The minimum atomic E-state index is -0.337. The smallest absolute Gasteiger partial charge is 0.235 e. The Morgan fingerprint density at radius 1 is 1.03 bits per heavy atom. The van der Waals surface area contributed by atoms with Crippen molar-refractivity contribution in [1.82, 2.24) is 10.6 Å². The molecule has 2 unspecified atom stereocenters. The average Bonchev–Trinajstić information content (AvgIpc) is 3.35. The monoisotopic (exact) mass is 457 g/mol. The molecule has 0 bridgehead atoms. The first-order valence-electron chi connectivity index (χ1n) is 12.1. The Morgan fingerprint density at radius 2 is 1.74 bits per heavy atom. The van der Waals surface area contributed by atoms with E-state index in [1.807, 2.05) is 41.3 Å². The SMILES string of the molecule is CNC(=O)CC1C(=O)N(C2CCNCC2)c2ccccc21.OC1Cc2cccc3cccc1c23. The van der Waals surface area contributed by atoms with E-state index in [1.165, 1.54) is 16.3 Å². The highest BCUT2D eigenvalue weighted by Crippen LogP contribution is 2.41. The Morgan fingerprint density at radius 3 is 2.50 bits per heavy atom. The lowest BCUT2D eigenvalue weighted by atomic mass is 9.97. The molecule has 0 aromatic heterocycles. The number of hydrogen-bond acceptors (Lipinski definition) is 4. The van der Waals surface area contributed by atoms with Crippen LogP contribution in [0.4, 0.5) is 5.69 Å². The van der Waals surface area contributed by atoms with Crippen LogP contribution in [-0.4, -0.2) is 43.1 Å². The predicted molar refractivity (Wildman–Crippen MR) is 134 cm³/mol. The second-order valence-electron chi connectivity index (χ2n) is 9.26. The van der Waals surface area contributed by atoms with E-state index in [2.05, 4.69) is 34.9 Å². The number of nitrogens with zero attached hydrogens (tertiary/aromatic N) is 1. The summed E-state index contributed by atoms with van der Waals surface area (Å²) in [7, 11) is 1.61. The lowest BCUT2D eigenvalue weighted by Crippen LogP contribution is -2.45. The van der Waals surface area contributed by atoms with Crippen molar-refractivity contribution in [2.45, 2.75) is 43.7 Å². The van der Waals surface area contributed by atoms with Crippen LogP contribution in [0.3, 0.4) is 0 Å². The summed E-state index contributed by atoms with van der Waals surface area (Å²) in [5.74, 6) is -0.349. The van der Waals surface area contributed by atoms with Gasteiger partial charge in [-0.05, 0) is 59.5 Å². The van der Waals surface area contributed by atoms with Gasteiger partial charge in [-0.15, -0.1) is 0 Å². The van der Waals surface area contributed by atoms with Crippen LogP contribution < -0.4 is 15.5 Å². The van der Waals surface area contributed by atoms with Gasteiger partial charge in [-0.25, -0.2) is 0 Å². The van der Waals surface area contributed by atoms with Gasteiger partial charge in [0.15, 0.2) is 0 Å². The molecule has 6 rings (SSSR count). The lowest BCUT2D eigenvalue weighted by molar-refractivity contribution is -0.126. The molecule has 1 fully saturated rings. The topological polar surface area (TPSA) is 81.7 Å². The maximum absolute atomic E-state index is 12.8. The summed E-state index contributed by atoms with van der Waals surface area (Å²) in [5.41, 5.74) is 4.35. The van der Waals surface area contributed by atoms with Crippen LogP contribution in [0.5, 0.6) is 0 Å². The maximum atomic E-state index is 12.8. The Bertz CT molecular complexity index is 1210. The van der Waals surface area contributed by atoms with Gasteiger partial charge in [0.25, 0.3) is 0 Å². The zero-order chi connectivity index (χ0) is 23.7. The van der Waals surface area contributed by atoms with Gasteiger partial charge in [0, 0.05) is 31.6 Å². The third kappa shape index (κ3) is 4.08. The minimum absolute atomic E-state index is 0.0756. The zero-order valence-corrected chi connectivity index (χ0v) is 19.5. The second kappa shape index (κ2) is 9.57. The molecule has 176 valence electrons. The summed E-state index contributed by atoms with van der Waals surface area (Å²) in [6, 6.07) is 20.5. The largest absolute Gasteiger partial charge is 0.388 e. The summed E-state index contributed by atoms with van der Waals surface area (Å²) >= 11 is 0. The molecular formula is C28H31N3O3. The number of rotatable bonds is 3. The van der Waals surface area contributed by atoms with Gasteiger partial charge in [-0.2, -0.15) is 0 Å². The highest BCUT2D eigenvalue weighted by atomic mass is 16.3. The number of para-hydroxylation sites is 1. The summed E-state index contributed by atoms with van der Waals surface area (Å²) in [6.45, 7) is 1.88. The molecule has 1 saturated heterocycles. The number of aliphatic hydroxyl groups is 1. The van der Waals surface area contributed by atoms with Crippen molar-refractivity contribution >= 4 is 28.3 Å². The van der Waals surface area contributed by atoms with Gasteiger partial charge < -0.3 is 20.6 Å². The van der Waals surface area contributed by atoms with E-state index in [0.717, 1.165) is 49.2 Å². The molecule has 0 saturated carbocycles. The van der Waals surface area contributed by atoms with Gasteiger partial charge in [0.1, 0.15) is 0 Å². The zero-order valence-electron chi connectivity index (χ0n) is 19.5. The second-order valence-corrected chi connectivity index (χ2v) is 9.26. The molecule has 3 aliphatic rings. The highest BCUT2D eigenvalue weighted by molar-refractivity contribution is 6.07. The predicted octanol–water partition coefficient (Wildman–Crippen LogP) is 3.43. The summed E-state index contributed by atoms with van der Waals surface area (Å²) in [5, 5.41) is 18.2. The average molecular weight is 458 g/mol. The van der Waals surface area contributed by atoms with E-state index in [-0.39, 0.29) is 36.3 Å². The lowest BCUT2D eigenvalue weighted by Gasteiger charge is -2.32. The van der Waals surface area contributed by atoms with Crippen molar-refractivity contribution in [2.24, 2.45) is 0 Å². The van der Waals surface area contributed by atoms with Crippen molar-refractivity contribution in [3.05, 3.63) is 77.4 Å². The number of fused-ring (bicyclic) bond motifs is 1. The molecule has 0 spiro atoms. The van der Waals surface area contributed by atoms with Crippen molar-refractivity contribution in [1.29, 1.82) is 0 Å². The molecule has 6 nitrogen and oxygen atoms in total. The first-order chi connectivity index (χ1) is 16.6. The molecule has 2 amide bonds. The Labute approximate surface area is 200 Å². The first-order valence-corrected chi connectivity index (χ1v) is 12.1. The van der Waals surface area contributed by atoms with E-state index in [1.54, 1.807) is 7.05 Å². The third-order valence-corrected chi connectivity index (χ3v) is 7.24. The third-order valence-electron chi connectivity index (χ3n) is 7.24. The van der Waals surface area contributed by atoms with Crippen LogP contribution in [0.15, 0.2) is 60.7 Å². The Hall–Kier alpha value is -3.22. The van der Waals surface area contributed by atoms with Gasteiger partial charge in [-0.3, -0.25) is 9.59 Å². The van der Waals surface area contributed by atoms with E-state index in [9.17, 15) is 14.7 Å². The molecule has 2 aliphatic heterocycles. The molecule has 6 heteroatoms. The molecular weight excluding hydrogens is 426 g/mol. The van der Waals surface area contributed by atoms with E-state index in [4.69, 9.17) is 0 Å². The molecule has 2 heterocycles. The number of amides is 2. The van der Waals surface area contributed by atoms with E-state index in [0.29, 0.717) is 0 Å². The number of anilines is 1. The fourth-order valence-electron chi connectivity index (χ4n) is 5.56. The molecule has 2 atom stereocenters. The summed E-state index contributed by atoms with van der Waals surface area (Å²) < 4.78 is 0. The Kier molecular flexibility index (Phi) is 6.35. The number of benzene rings is 3. The van der Waals surface area contributed by atoms with Crippen LogP contribution in [0.2, 0.25) is 0 Å². The number of hydrogen-bond donors (Lipinski definition) is 3. The van der Waals surface area contributed by atoms with Gasteiger partial charge >= 0.3 is 0 Å². The molecule has 1 aliphatic carbocycles. The van der Waals surface area contributed by atoms with Crippen LogP contribution in [0, 0.1) is 0 Å². The molecule has 34 heavy (non-hydrogen) atoms. The van der Waals surface area contributed by atoms with Crippen molar-refractivity contribution in [2.75, 3.05) is 25.0 Å². The fraction of sp³-hybridized carbons (Fsp3) is 0.357. The summed E-state index contributed by atoms with van der Waals surface area (Å²) in [6.07, 6.45) is 2.64. The Balaban J connectivity index is 0.000000157. The van der Waals surface area contributed by atoms with Gasteiger partial charge in [0.2, 0.25) is 11.8 Å². The van der Waals surface area contributed by atoms with Crippen LogP contribution in [0.25, 0.3) is 10.8 Å². The van der Waals surface area contributed by atoms with E-state index < -0.39 is 0 Å². The van der Waals surface area contributed by atoms with Crippen LogP contribution in [-0.2, 0) is 16.0 Å². The van der Waals surface area contributed by atoms with Gasteiger partial charge in [-0.1, -0.05) is 54.6 Å². The number of piperidine rings is 1. The molecule has 3 aromatic rings. The van der Waals surface area contributed by atoms with Crippen LogP contribution >= 0.6 is 0 Å². The van der Waals surface area contributed by atoms with Crippen molar-refractivity contribution in [3.63, 3.8) is 0 Å².